The van der Waals surface area contributed by atoms with Gasteiger partial charge in [0, 0.05) is 69.6 Å². The van der Waals surface area contributed by atoms with Crippen molar-refractivity contribution >= 4 is 46.5 Å². The number of fused-ring (bicyclic) bond motifs is 1. The minimum atomic E-state index is 0.229. The Kier molecular flexibility index (Phi) is 6.43. The molecule has 2 aliphatic carbocycles. The van der Waals surface area contributed by atoms with Gasteiger partial charge in [0.25, 0.3) is 0 Å². The molecule has 7 rings (SSSR count). The minimum Gasteiger partial charge on any atom is -0.340 e. The van der Waals surface area contributed by atoms with Gasteiger partial charge in [-0.25, -0.2) is 9.97 Å². The van der Waals surface area contributed by atoms with Crippen LogP contribution in [0.25, 0.3) is 11.0 Å². The Morgan fingerprint density at radius 3 is 2.74 bits per heavy atom. The van der Waals surface area contributed by atoms with E-state index in [0.717, 1.165) is 80.4 Å². The number of carbonyl (C=O) groups excluding carboxylic acids is 1. The minimum absolute atomic E-state index is 0.229. The van der Waals surface area contributed by atoms with Gasteiger partial charge >= 0.3 is 0 Å². The van der Waals surface area contributed by atoms with Crippen molar-refractivity contribution in [3.63, 3.8) is 0 Å². The average Bonchev–Trinajstić information content (AvgIpc) is 3.87. The predicted molar refractivity (Wildman–Crippen MR) is 153 cm³/mol. The molecule has 204 valence electrons. The molecule has 39 heavy (non-hydrogen) atoms. The Hall–Kier alpha value is -3.17. The molecule has 4 heterocycles. The number of amides is 1. The summed E-state index contributed by atoms with van der Waals surface area (Å²) < 4.78 is 0. The van der Waals surface area contributed by atoms with E-state index in [9.17, 15) is 4.79 Å². The number of carbonyl (C=O) groups is 1. The lowest BCUT2D eigenvalue weighted by atomic mass is 10.0. The van der Waals surface area contributed by atoms with Crippen LogP contribution in [0, 0.1) is 11.8 Å². The van der Waals surface area contributed by atoms with E-state index < -0.39 is 0 Å². The quantitative estimate of drug-likeness (QED) is 0.423. The van der Waals surface area contributed by atoms with Crippen LogP contribution in [0.2, 0.25) is 5.02 Å². The average molecular weight is 547 g/mol. The van der Waals surface area contributed by atoms with Crippen molar-refractivity contribution in [2.75, 3.05) is 44.6 Å². The van der Waals surface area contributed by atoms with Crippen LogP contribution in [0.5, 0.6) is 0 Å². The van der Waals surface area contributed by atoms with E-state index in [1.807, 2.05) is 23.4 Å². The maximum absolute atomic E-state index is 12.4. The number of hydrogen-bond donors (Lipinski definition) is 2. The van der Waals surface area contributed by atoms with E-state index in [1.54, 1.807) is 0 Å². The van der Waals surface area contributed by atoms with Crippen molar-refractivity contribution in [2.24, 2.45) is 16.9 Å². The summed E-state index contributed by atoms with van der Waals surface area (Å²) in [5, 5.41) is 10.8. The van der Waals surface area contributed by atoms with Crippen molar-refractivity contribution in [3.8, 4) is 0 Å². The van der Waals surface area contributed by atoms with E-state index in [1.165, 1.54) is 18.4 Å². The van der Waals surface area contributed by atoms with Crippen LogP contribution in [-0.2, 0) is 4.79 Å². The fourth-order valence-electron chi connectivity index (χ4n) is 5.80. The fraction of sp³-hybridized carbons (Fsp3) is 0.517. The molecule has 0 spiro atoms. The van der Waals surface area contributed by atoms with Gasteiger partial charge < -0.3 is 15.2 Å². The summed E-state index contributed by atoms with van der Waals surface area (Å²) >= 11 is 6.68. The number of hydrogen-bond acceptors (Lipinski definition) is 7. The SMILES string of the molecule is CC(c1ccnc(Nc2nc3c(Cl)cc(C4C=NN(CC5CC5)C4)cc3[nH]2)c1)N1CCN(C(=O)C2CC2)CC1. The number of aromatic amines is 1. The second kappa shape index (κ2) is 10.1. The van der Waals surface area contributed by atoms with Crippen molar-refractivity contribution in [1.29, 1.82) is 0 Å². The van der Waals surface area contributed by atoms with Gasteiger partial charge in [-0.1, -0.05) is 11.6 Å². The van der Waals surface area contributed by atoms with E-state index in [0.29, 0.717) is 22.8 Å². The maximum atomic E-state index is 12.4. The topological polar surface area (TPSA) is 92.8 Å². The van der Waals surface area contributed by atoms with Gasteiger partial charge in [-0.05, 0) is 73.9 Å². The number of anilines is 2. The molecule has 2 aliphatic heterocycles. The van der Waals surface area contributed by atoms with Crippen LogP contribution in [-0.4, -0.2) is 81.2 Å². The van der Waals surface area contributed by atoms with Gasteiger partial charge in [0.15, 0.2) is 0 Å². The molecule has 1 saturated heterocycles. The molecular formula is C29H35ClN8O. The third-order valence-electron chi connectivity index (χ3n) is 8.59. The van der Waals surface area contributed by atoms with Crippen LogP contribution in [0.1, 0.15) is 55.7 Å². The van der Waals surface area contributed by atoms with E-state index in [2.05, 4.69) is 55.4 Å². The normalized spacial score (nSPS) is 22.6. The number of rotatable bonds is 8. The number of aromatic nitrogens is 3. The summed E-state index contributed by atoms with van der Waals surface area (Å²) in [6.07, 6.45) is 8.66. The lowest BCUT2D eigenvalue weighted by Crippen LogP contribution is -2.49. The zero-order valence-corrected chi connectivity index (χ0v) is 23.1. The number of pyridine rings is 1. The number of hydrazone groups is 1. The van der Waals surface area contributed by atoms with Gasteiger partial charge in [0.2, 0.25) is 11.9 Å². The first kappa shape index (κ1) is 24.8. The lowest BCUT2D eigenvalue weighted by Gasteiger charge is -2.38. The zero-order chi connectivity index (χ0) is 26.5. The second-order valence-electron chi connectivity index (χ2n) is 11.6. The largest absolute Gasteiger partial charge is 0.340 e. The van der Waals surface area contributed by atoms with E-state index in [-0.39, 0.29) is 12.0 Å². The van der Waals surface area contributed by atoms with Crippen LogP contribution in [0.15, 0.2) is 35.6 Å². The Labute approximate surface area is 233 Å². The second-order valence-corrected chi connectivity index (χ2v) is 12.0. The molecule has 2 unspecified atom stereocenters. The third kappa shape index (κ3) is 5.34. The molecule has 3 fully saturated rings. The predicted octanol–water partition coefficient (Wildman–Crippen LogP) is 4.77. The highest BCUT2D eigenvalue weighted by Crippen LogP contribution is 2.34. The van der Waals surface area contributed by atoms with Gasteiger partial charge in [0.1, 0.15) is 11.3 Å². The van der Waals surface area contributed by atoms with E-state index >= 15 is 0 Å². The van der Waals surface area contributed by atoms with Crippen LogP contribution in [0.4, 0.5) is 11.8 Å². The van der Waals surface area contributed by atoms with Crippen LogP contribution >= 0.6 is 11.6 Å². The summed E-state index contributed by atoms with van der Waals surface area (Å²) in [5.74, 6) is 3.04. The summed E-state index contributed by atoms with van der Waals surface area (Å²) in [6, 6.07) is 8.53. The lowest BCUT2D eigenvalue weighted by molar-refractivity contribution is -0.134. The Balaban J connectivity index is 1.02. The summed E-state index contributed by atoms with van der Waals surface area (Å²) in [7, 11) is 0. The summed E-state index contributed by atoms with van der Waals surface area (Å²) in [4.78, 5) is 29.5. The Morgan fingerprint density at radius 2 is 1.97 bits per heavy atom. The monoisotopic (exact) mass is 546 g/mol. The third-order valence-corrected chi connectivity index (χ3v) is 8.88. The van der Waals surface area contributed by atoms with Crippen molar-refractivity contribution < 1.29 is 4.79 Å². The maximum Gasteiger partial charge on any atom is 0.225 e. The van der Waals surface area contributed by atoms with Gasteiger partial charge in [-0.3, -0.25) is 14.7 Å². The van der Waals surface area contributed by atoms with E-state index in [4.69, 9.17) is 16.6 Å². The summed E-state index contributed by atoms with van der Waals surface area (Å²) in [6.45, 7) is 7.57. The Bertz CT molecular complexity index is 1410. The molecule has 3 aromatic rings. The molecular weight excluding hydrogens is 512 g/mol. The van der Waals surface area contributed by atoms with Crippen LogP contribution in [0.3, 0.4) is 0 Å². The highest BCUT2D eigenvalue weighted by Gasteiger charge is 2.35. The fourth-order valence-corrected chi connectivity index (χ4v) is 6.07. The number of imidazole rings is 1. The standard InChI is InChI=1S/C29H35ClN8O/c1-18(36-8-10-37(11-9-36)28(39)20-4-5-20)21-6-7-31-26(14-21)34-29-33-25-13-22(12-24(30)27(25)35-29)23-15-32-38(17-23)16-19-2-3-19/h6-7,12-15,18-20,23H,2-5,8-11,16-17H2,1H3,(H2,31,33,34,35). The molecule has 1 amide bonds. The van der Waals surface area contributed by atoms with Crippen molar-refractivity contribution in [1.82, 2.24) is 29.8 Å². The van der Waals surface area contributed by atoms with Crippen molar-refractivity contribution in [3.05, 3.63) is 46.6 Å². The smallest absolute Gasteiger partial charge is 0.225 e. The van der Waals surface area contributed by atoms with Crippen LogP contribution < -0.4 is 5.32 Å². The number of H-pyrrole nitrogens is 1. The highest BCUT2D eigenvalue weighted by atomic mass is 35.5. The molecule has 1 aromatic carbocycles. The number of nitrogens with zero attached hydrogens (tertiary/aromatic N) is 6. The Morgan fingerprint density at radius 1 is 1.15 bits per heavy atom. The van der Waals surface area contributed by atoms with Crippen molar-refractivity contribution in [2.45, 2.75) is 44.6 Å². The number of halogens is 1. The zero-order valence-electron chi connectivity index (χ0n) is 22.3. The molecule has 2 N–H and O–H groups in total. The molecule has 0 radical (unpaired) electrons. The molecule has 0 bridgehead atoms. The van der Waals surface area contributed by atoms with Gasteiger partial charge in [-0.2, -0.15) is 5.10 Å². The summed E-state index contributed by atoms with van der Waals surface area (Å²) in [5.41, 5.74) is 3.98. The number of benzene rings is 1. The first-order valence-electron chi connectivity index (χ1n) is 14.2. The van der Waals surface area contributed by atoms with Gasteiger partial charge in [-0.15, -0.1) is 0 Å². The first-order chi connectivity index (χ1) is 19.0. The molecule has 2 atom stereocenters. The highest BCUT2D eigenvalue weighted by molar-refractivity contribution is 6.35. The molecule has 9 nitrogen and oxygen atoms in total. The number of nitrogens with one attached hydrogen (secondary N) is 2. The number of piperazine rings is 1. The molecule has 2 aromatic heterocycles. The molecule has 10 heteroatoms. The van der Waals surface area contributed by atoms with Gasteiger partial charge in [0.05, 0.1) is 10.5 Å². The molecule has 4 aliphatic rings. The molecule has 2 saturated carbocycles. The first-order valence-corrected chi connectivity index (χ1v) is 14.6.